The molecular formula is C12H16F3N2+. The van der Waals surface area contributed by atoms with Crippen molar-refractivity contribution >= 4 is 5.82 Å². The number of halogens is 3. The standard InChI is InChI=1S/C12H15F3N2/c13-12(14,15)10-5-6-11(16-9-10)17-7-3-1-2-4-8-17/h5-6,9H,1-4,7-8H2/p+1. The third-order valence-electron chi connectivity index (χ3n) is 3.07. The molecule has 0 saturated carbocycles. The van der Waals surface area contributed by atoms with Crippen molar-refractivity contribution in [2.45, 2.75) is 31.9 Å². The Labute approximate surface area is 98.5 Å². The van der Waals surface area contributed by atoms with Crippen molar-refractivity contribution in [3.8, 4) is 0 Å². The minimum atomic E-state index is -4.27. The Bertz CT molecular complexity index is 351. The summed E-state index contributed by atoms with van der Waals surface area (Å²) in [5.74, 6) is 0.778. The van der Waals surface area contributed by atoms with Crippen molar-refractivity contribution < 1.29 is 18.2 Å². The fourth-order valence-corrected chi connectivity index (χ4v) is 2.10. The van der Waals surface area contributed by atoms with E-state index in [9.17, 15) is 13.2 Å². The number of aromatic amines is 1. The average Bonchev–Trinajstić information content (AvgIpc) is 2.56. The molecule has 0 unspecified atom stereocenters. The van der Waals surface area contributed by atoms with Gasteiger partial charge in [-0.25, -0.2) is 4.98 Å². The highest BCUT2D eigenvalue weighted by molar-refractivity contribution is 5.34. The first-order chi connectivity index (χ1) is 8.07. The number of hydrogen-bond donors (Lipinski definition) is 0. The molecule has 1 aliphatic rings. The molecule has 1 aromatic rings. The van der Waals surface area contributed by atoms with Crippen molar-refractivity contribution in [2.24, 2.45) is 0 Å². The summed E-state index contributed by atoms with van der Waals surface area (Å²) in [7, 11) is 0. The van der Waals surface area contributed by atoms with Gasteiger partial charge in [0.2, 0.25) is 0 Å². The van der Waals surface area contributed by atoms with Gasteiger partial charge in [0, 0.05) is 6.07 Å². The van der Waals surface area contributed by atoms with E-state index in [1.807, 2.05) is 0 Å². The van der Waals surface area contributed by atoms with Crippen LogP contribution in [0.2, 0.25) is 0 Å². The van der Waals surface area contributed by atoms with Crippen molar-refractivity contribution in [1.29, 1.82) is 0 Å². The van der Waals surface area contributed by atoms with Gasteiger partial charge in [-0.1, -0.05) is 0 Å². The Hall–Kier alpha value is -1.26. The van der Waals surface area contributed by atoms with Crippen LogP contribution in [-0.4, -0.2) is 13.1 Å². The van der Waals surface area contributed by atoms with E-state index in [0.717, 1.165) is 44.0 Å². The van der Waals surface area contributed by atoms with Gasteiger partial charge in [0.1, 0.15) is 6.20 Å². The van der Waals surface area contributed by atoms with Crippen molar-refractivity contribution in [1.82, 2.24) is 0 Å². The smallest absolute Gasteiger partial charge is 0.262 e. The Kier molecular flexibility index (Phi) is 3.54. The molecule has 0 amide bonds. The zero-order chi connectivity index (χ0) is 12.3. The lowest BCUT2D eigenvalue weighted by Crippen LogP contribution is -2.30. The van der Waals surface area contributed by atoms with E-state index in [1.165, 1.54) is 18.9 Å². The molecule has 1 N–H and O–H groups in total. The highest BCUT2D eigenvalue weighted by Crippen LogP contribution is 2.28. The van der Waals surface area contributed by atoms with Crippen LogP contribution < -0.4 is 9.88 Å². The van der Waals surface area contributed by atoms with Crippen LogP contribution in [0.4, 0.5) is 19.0 Å². The minimum Gasteiger partial charge on any atom is -0.262 e. The quantitative estimate of drug-likeness (QED) is 0.743. The maximum Gasteiger partial charge on any atom is 0.419 e. The summed E-state index contributed by atoms with van der Waals surface area (Å²) in [6.45, 7) is 1.84. The summed E-state index contributed by atoms with van der Waals surface area (Å²) in [6, 6.07) is 2.66. The summed E-state index contributed by atoms with van der Waals surface area (Å²) in [5, 5.41) is 0. The Balaban J connectivity index is 2.11. The van der Waals surface area contributed by atoms with Crippen LogP contribution in [-0.2, 0) is 6.18 Å². The molecule has 5 heteroatoms. The molecular weight excluding hydrogens is 229 g/mol. The number of H-pyrrole nitrogens is 1. The molecule has 2 rings (SSSR count). The first kappa shape index (κ1) is 12.2. The predicted octanol–water partition coefficient (Wildman–Crippen LogP) is 2.90. The summed E-state index contributed by atoms with van der Waals surface area (Å²) < 4.78 is 37.2. The lowest BCUT2D eigenvalue weighted by molar-refractivity contribution is -0.367. The van der Waals surface area contributed by atoms with E-state index in [-0.39, 0.29) is 0 Å². The second kappa shape index (κ2) is 4.94. The molecule has 0 spiro atoms. The molecule has 2 nitrogen and oxygen atoms in total. The predicted molar refractivity (Wildman–Crippen MR) is 58.7 cm³/mol. The van der Waals surface area contributed by atoms with E-state index < -0.39 is 11.7 Å². The van der Waals surface area contributed by atoms with Crippen molar-refractivity contribution in [2.75, 3.05) is 18.0 Å². The molecule has 2 heterocycles. The molecule has 0 radical (unpaired) electrons. The van der Waals surface area contributed by atoms with Gasteiger partial charge in [-0.15, -0.1) is 0 Å². The van der Waals surface area contributed by atoms with E-state index in [2.05, 4.69) is 9.88 Å². The monoisotopic (exact) mass is 245 g/mol. The van der Waals surface area contributed by atoms with E-state index in [0.29, 0.717) is 0 Å². The first-order valence-corrected chi connectivity index (χ1v) is 5.91. The minimum absolute atomic E-state index is 0.629. The average molecular weight is 245 g/mol. The molecule has 0 bridgehead atoms. The van der Waals surface area contributed by atoms with Gasteiger partial charge in [-0.2, -0.15) is 13.2 Å². The van der Waals surface area contributed by atoms with Gasteiger partial charge >= 0.3 is 6.18 Å². The summed E-state index contributed by atoms with van der Waals surface area (Å²) in [5.41, 5.74) is -0.629. The number of hydrogen-bond acceptors (Lipinski definition) is 1. The van der Waals surface area contributed by atoms with Crippen LogP contribution in [0.3, 0.4) is 0 Å². The number of pyridine rings is 1. The molecule has 94 valence electrons. The number of alkyl halides is 3. The molecule has 0 aliphatic carbocycles. The number of anilines is 1. The van der Waals surface area contributed by atoms with Crippen molar-refractivity contribution in [3.63, 3.8) is 0 Å². The number of rotatable bonds is 1. The van der Waals surface area contributed by atoms with Gasteiger partial charge in [-0.05, 0) is 31.7 Å². The molecule has 1 saturated heterocycles. The van der Waals surface area contributed by atoms with Gasteiger partial charge in [0.05, 0.1) is 18.7 Å². The summed E-state index contributed by atoms with van der Waals surface area (Å²) >= 11 is 0. The highest BCUT2D eigenvalue weighted by atomic mass is 19.4. The molecule has 0 aromatic carbocycles. The third kappa shape index (κ3) is 3.11. The highest BCUT2D eigenvalue weighted by Gasteiger charge is 2.32. The molecule has 0 atom stereocenters. The lowest BCUT2D eigenvalue weighted by atomic mass is 10.2. The van der Waals surface area contributed by atoms with Crippen molar-refractivity contribution in [3.05, 3.63) is 23.9 Å². The second-order valence-electron chi connectivity index (χ2n) is 4.36. The fraction of sp³-hybridized carbons (Fsp3) is 0.583. The molecule has 1 aliphatic heterocycles. The Morgan fingerprint density at radius 1 is 1.00 bits per heavy atom. The molecule has 1 fully saturated rings. The van der Waals surface area contributed by atoms with Crippen LogP contribution in [0.1, 0.15) is 31.2 Å². The zero-order valence-electron chi connectivity index (χ0n) is 9.56. The van der Waals surface area contributed by atoms with E-state index >= 15 is 0 Å². The van der Waals surface area contributed by atoms with E-state index in [4.69, 9.17) is 0 Å². The van der Waals surface area contributed by atoms with Crippen LogP contribution in [0.25, 0.3) is 0 Å². The molecule has 17 heavy (non-hydrogen) atoms. The maximum absolute atomic E-state index is 12.4. The normalized spacial score (nSPS) is 17.9. The Morgan fingerprint density at radius 2 is 1.65 bits per heavy atom. The SMILES string of the molecule is FC(F)(F)c1ccc(N2CCCCCC2)[nH+]c1. The number of nitrogens with zero attached hydrogens (tertiary/aromatic N) is 1. The van der Waals surface area contributed by atoms with Crippen LogP contribution >= 0.6 is 0 Å². The van der Waals surface area contributed by atoms with Gasteiger partial charge in [-0.3, -0.25) is 4.90 Å². The largest absolute Gasteiger partial charge is 0.419 e. The number of aromatic nitrogens is 1. The fourth-order valence-electron chi connectivity index (χ4n) is 2.10. The second-order valence-corrected chi connectivity index (χ2v) is 4.36. The summed E-state index contributed by atoms with van der Waals surface area (Å²) in [6.07, 6.45) is 1.39. The lowest BCUT2D eigenvalue weighted by Gasteiger charge is -2.14. The van der Waals surface area contributed by atoms with E-state index in [1.54, 1.807) is 0 Å². The van der Waals surface area contributed by atoms with Crippen LogP contribution in [0.5, 0.6) is 0 Å². The molecule has 1 aromatic heterocycles. The van der Waals surface area contributed by atoms with Gasteiger partial charge in [0.15, 0.2) is 0 Å². The zero-order valence-corrected chi connectivity index (χ0v) is 9.56. The summed E-state index contributed by atoms with van der Waals surface area (Å²) in [4.78, 5) is 4.87. The Morgan fingerprint density at radius 3 is 2.12 bits per heavy atom. The van der Waals surface area contributed by atoms with Crippen LogP contribution in [0.15, 0.2) is 18.3 Å². The first-order valence-electron chi connectivity index (χ1n) is 5.91. The topological polar surface area (TPSA) is 17.4 Å². The maximum atomic E-state index is 12.4. The van der Waals surface area contributed by atoms with Gasteiger partial charge < -0.3 is 0 Å². The van der Waals surface area contributed by atoms with Gasteiger partial charge in [0.25, 0.3) is 5.82 Å². The number of nitrogens with one attached hydrogen (secondary N) is 1. The third-order valence-corrected chi connectivity index (χ3v) is 3.07. The van der Waals surface area contributed by atoms with Crippen LogP contribution in [0, 0.1) is 0 Å².